The summed E-state index contributed by atoms with van der Waals surface area (Å²) in [6.45, 7) is 11.4. The van der Waals surface area contributed by atoms with Crippen LogP contribution in [-0.2, 0) is 14.3 Å². The van der Waals surface area contributed by atoms with Crippen LogP contribution in [-0.4, -0.2) is 30.3 Å². The van der Waals surface area contributed by atoms with Gasteiger partial charge in [0.1, 0.15) is 17.5 Å². The normalized spacial score (nSPS) is 12.6. The molecule has 2 amide bonds. The van der Waals surface area contributed by atoms with Crippen molar-refractivity contribution < 1.29 is 23.5 Å². The molecule has 0 spiro atoms. The molecule has 0 radical (unpaired) electrons. The Bertz CT molecular complexity index is 626. The van der Waals surface area contributed by atoms with Crippen molar-refractivity contribution in [3.05, 3.63) is 24.0 Å². The fourth-order valence-electron chi connectivity index (χ4n) is 1.93. The Morgan fingerprint density at radius 3 is 2.35 bits per heavy atom. The zero-order chi connectivity index (χ0) is 19.9. The van der Waals surface area contributed by atoms with Gasteiger partial charge in [0.05, 0.1) is 11.4 Å². The number of rotatable bonds is 7. The molecule has 0 aliphatic rings. The highest BCUT2D eigenvalue weighted by molar-refractivity contribution is 5.99. The van der Waals surface area contributed by atoms with E-state index in [2.05, 4.69) is 24.5 Å². The number of ether oxygens (including phenoxy) is 2. The number of benzene rings is 1. The molecule has 0 aliphatic carbocycles. The molecule has 1 unspecified atom stereocenters. The Labute approximate surface area is 154 Å². The van der Waals surface area contributed by atoms with Gasteiger partial charge in [0.25, 0.3) is 5.91 Å². The molecule has 0 aromatic heterocycles. The van der Waals surface area contributed by atoms with Crippen molar-refractivity contribution in [1.29, 1.82) is 0 Å². The number of nitrogens with one attached hydrogen (secondary N) is 2. The third kappa shape index (κ3) is 8.29. The van der Waals surface area contributed by atoms with Gasteiger partial charge in [-0.3, -0.25) is 10.1 Å². The van der Waals surface area contributed by atoms with Crippen molar-refractivity contribution in [1.82, 2.24) is 0 Å². The Morgan fingerprint density at radius 2 is 1.77 bits per heavy atom. The SMILES string of the molecule is CC(C)CCOC(C)C(=O)Nc1cc(F)ccc1NC(=O)OC(C)(C)C. The summed E-state index contributed by atoms with van der Waals surface area (Å²) in [6.07, 6.45) is -0.560. The van der Waals surface area contributed by atoms with Crippen LogP contribution >= 0.6 is 0 Å². The van der Waals surface area contributed by atoms with Crippen LogP contribution in [0.2, 0.25) is 0 Å². The number of halogens is 1. The Hall–Kier alpha value is -2.15. The molecule has 0 aliphatic heterocycles. The molecule has 1 aromatic rings. The Kier molecular flexibility index (Phi) is 8.02. The lowest BCUT2D eigenvalue weighted by Crippen LogP contribution is -2.30. The third-order valence-corrected chi connectivity index (χ3v) is 3.31. The van der Waals surface area contributed by atoms with Crippen LogP contribution in [0, 0.1) is 11.7 Å². The summed E-state index contributed by atoms with van der Waals surface area (Å²) in [6, 6.07) is 3.68. The van der Waals surface area contributed by atoms with Gasteiger partial charge in [0.2, 0.25) is 0 Å². The van der Waals surface area contributed by atoms with Crippen LogP contribution in [0.5, 0.6) is 0 Å². The first-order valence-corrected chi connectivity index (χ1v) is 8.70. The zero-order valence-electron chi connectivity index (χ0n) is 16.3. The third-order valence-electron chi connectivity index (χ3n) is 3.31. The molecule has 2 N–H and O–H groups in total. The quantitative estimate of drug-likeness (QED) is 0.739. The highest BCUT2D eigenvalue weighted by Crippen LogP contribution is 2.24. The fourth-order valence-corrected chi connectivity index (χ4v) is 1.93. The maximum Gasteiger partial charge on any atom is 0.412 e. The first-order valence-electron chi connectivity index (χ1n) is 8.70. The van der Waals surface area contributed by atoms with E-state index in [-0.39, 0.29) is 11.4 Å². The maximum atomic E-state index is 13.6. The molecule has 1 aromatic carbocycles. The monoisotopic (exact) mass is 368 g/mol. The molecule has 1 atom stereocenters. The van der Waals surface area contributed by atoms with E-state index in [4.69, 9.17) is 9.47 Å². The molecule has 0 fully saturated rings. The Balaban J connectivity index is 2.77. The second-order valence-electron chi connectivity index (χ2n) is 7.50. The summed E-state index contributed by atoms with van der Waals surface area (Å²) in [5.74, 6) is -0.492. The van der Waals surface area contributed by atoms with E-state index < -0.39 is 29.5 Å². The molecule has 146 valence electrons. The number of carbonyl (C=O) groups excluding carboxylic acids is 2. The number of hydrogen-bond acceptors (Lipinski definition) is 4. The van der Waals surface area contributed by atoms with Crippen molar-refractivity contribution in [2.75, 3.05) is 17.2 Å². The highest BCUT2D eigenvalue weighted by atomic mass is 19.1. The van der Waals surface area contributed by atoms with E-state index in [0.29, 0.717) is 12.5 Å². The van der Waals surface area contributed by atoms with Crippen molar-refractivity contribution in [3.8, 4) is 0 Å². The largest absolute Gasteiger partial charge is 0.444 e. The minimum absolute atomic E-state index is 0.139. The van der Waals surface area contributed by atoms with Crippen LogP contribution in [0.15, 0.2) is 18.2 Å². The zero-order valence-corrected chi connectivity index (χ0v) is 16.3. The molecule has 26 heavy (non-hydrogen) atoms. The van der Waals surface area contributed by atoms with Gasteiger partial charge in [0, 0.05) is 6.61 Å². The van der Waals surface area contributed by atoms with Crippen molar-refractivity contribution in [3.63, 3.8) is 0 Å². The second-order valence-corrected chi connectivity index (χ2v) is 7.50. The number of carbonyl (C=O) groups is 2. The lowest BCUT2D eigenvalue weighted by atomic mass is 10.1. The van der Waals surface area contributed by atoms with Crippen molar-refractivity contribution in [2.45, 2.75) is 59.7 Å². The topological polar surface area (TPSA) is 76.7 Å². The van der Waals surface area contributed by atoms with E-state index in [0.717, 1.165) is 12.5 Å². The van der Waals surface area contributed by atoms with Gasteiger partial charge in [-0.2, -0.15) is 0 Å². The van der Waals surface area contributed by atoms with Crippen molar-refractivity contribution >= 4 is 23.4 Å². The molecule has 6 nitrogen and oxygen atoms in total. The number of anilines is 2. The highest BCUT2D eigenvalue weighted by Gasteiger charge is 2.19. The van der Waals surface area contributed by atoms with Crippen LogP contribution in [0.3, 0.4) is 0 Å². The number of amides is 2. The predicted molar refractivity (Wildman–Crippen MR) is 99.8 cm³/mol. The van der Waals surface area contributed by atoms with Gasteiger partial charge in [-0.1, -0.05) is 13.8 Å². The van der Waals surface area contributed by atoms with Gasteiger partial charge < -0.3 is 14.8 Å². The summed E-state index contributed by atoms with van der Waals surface area (Å²) >= 11 is 0. The summed E-state index contributed by atoms with van der Waals surface area (Å²) < 4.78 is 24.2. The van der Waals surface area contributed by atoms with E-state index >= 15 is 0 Å². The molecular weight excluding hydrogens is 339 g/mol. The summed E-state index contributed by atoms with van der Waals surface area (Å²) in [5.41, 5.74) is -0.296. The van der Waals surface area contributed by atoms with Gasteiger partial charge in [-0.05, 0) is 58.2 Å². The average molecular weight is 368 g/mol. The fraction of sp³-hybridized carbons (Fsp3) is 0.579. The summed E-state index contributed by atoms with van der Waals surface area (Å²) in [7, 11) is 0. The molecule has 7 heteroatoms. The van der Waals surface area contributed by atoms with E-state index in [9.17, 15) is 14.0 Å². The molecule has 1 rings (SSSR count). The van der Waals surface area contributed by atoms with Gasteiger partial charge in [0.15, 0.2) is 0 Å². The molecule has 0 heterocycles. The first-order chi connectivity index (χ1) is 12.0. The first kappa shape index (κ1) is 21.9. The van der Waals surface area contributed by atoms with Crippen LogP contribution in [0.4, 0.5) is 20.6 Å². The van der Waals surface area contributed by atoms with Gasteiger partial charge >= 0.3 is 6.09 Å². The second kappa shape index (κ2) is 9.52. The number of hydrogen-bond donors (Lipinski definition) is 2. The molecular formula is C19H29FN2O4. The standard InChI is InChI=1S/C19H29FN2O4/c1-12(2)9-10-25-13(3)17(23)21-16-11-14(20)7-8-15(16)22-18(24)26-19(4,5)6/h7-8,11-13H,9-10H2,1-6H3,(H,21,23)(H,22,24). The minimum atomic E-state index is -0.702. The molecule has 0 saturated heterocycles. The minimum Gasteiger partial charge on any atom is -0.444 e. The van der Waals surface area contributed by atoms with Crippen LogP contribution < -0.4 is 10.6 Å². The predicted octanol–water partition coefficient (Wildman–Crippen LogP) is 4.56. The Morgan fingerprint density at radius 1 is 1.12 bits per heavy atom. The maximum absolute atomic E-state index is 13.6. The van der Waals surface area contributed by atoms with Gasteiger partial charge in [-0.25, -0.2) is 9.18 Å². The lowest BCUT2D eigenvalue weighted by Gasteiger charge is -2.21. The van der Waals surface area contributed by atoms with Crippen LogP contribution in [0.25, 0.3) is 0 Å². The average Bonchev–Trinajstić information content (AvgIpc) is 2.47. The smallest absolute Gasteiger partial charge is 0.412 e. The van der Waals surface area contributed by atoms with Gasteiger partial charge in [-0.15, -0.1) is 0 Å². The molecule has 0 saturated carbocycles. The van der Waals surface area contributed by atoms with Crippen LogP contribution in [0.1, 0.15) is 48.0 Å². The van der Waals surface area contributed by atoms with E-state index in [1.54, 1.807) is 27.7 Å². The summed E-state index contributed by atoms with van der Waals surface area (Å²) in [4.78, 5) is 24.2. The van der Waals surface area contributed by atoms with E-state index in [1.165, 1.54) is 12.1 Å². The molecule has 0 bridgehead atoms. The van der Waals surface area contributed by atoms with E-state index in [1.807, 2.05) is 0 Å². The summed E-state index contributed by atoms with van der Waals surface area (Å²) in [5, 5.41) is 5.10. The van der Waals surface area contributed by atoms with Crippen molar-refractivity contribution in [2.24, 2.45) is 5.92 Å². The lowest BCUT2D eigenvalue weighted by molar-refractivity contribution is -0.126.